The van der Waals surface area contributed by atoms with E-state index in [0.29, 0.717) is 23.8 Å². The van der Waals surface area contributed by atoms with Crippen molar-refractivity contribution >= 4 is 11.6 Å². The second kappa shape index (κ2) is 4.84. The van der Waals surface area contributed by atoms with Crippen molar-refractivity contribution in [2.75, 3.05) is 18.0 Å². The molecule has 92 valence electrons. The van der Waals surface area contributed by atoms with Gasteiger partial charge in [0.25, 0.3) is 0 Å². The van der Waals surface area contributed by atoms with Crippen LogP contribution in [-0.4, -0.2) is 35.1 Å². The molecule has 1 saturated heterocycles. The molecular weight excluding hydrogens is 216 g/mol. The van der Waals surface area contributed by atoms with E-state index in [-0.39, 0.29) is 11.9 Å². The largest absolute Gasteiger partial charge is 0.391 e. The van der Waals surface area contributed by atoms with E-state index in [0.717, 1.165) is 13.0 Å². The number of anilines is 1. The summed E-state index contributed by atoms with van der Waals surface area (Å²) in [6.07, 6.45) is 2.27. The first-order valence-corrected chi connectivity index (χ1v) is 5.98. The number of Topliss-reactive ketones (excluding diaryl/α,β-unsaturated/α-hetero) is 1. The number of carbonyl (C=O) groups excluding carboxylic acids is 1. The van der Waals surface area contributed by atoms with Crippen molar-refractivity contribution < 1.29 is 9.90 Å². The Bertz CT molecular complexity index is 420. The van der Waals surface area contributed by atoms with E-state index in [1.165, 1.54) is 0 Å². The lowest BCUT2D eigenvalue weighted by atomic mass is 9.95. The lowest BCUT2D eigenvalue weighted by molar-refractivity contribution is 0.0994. The summed E-state index contributed by atoms with van der Waals surface area (Å²) < 4.78 is 0. The third-order valence-electron chi connectivity index (χ3n) is 3.38. The van der Waals surface area contributed by atoms with Gasteiger partial charge in [-0.25, -0.2) is 4.98 Å². The lowest BCUT2D eigenvalue weighted by Crippen LogP contribution is -2.43. The molecule has 1 fully saturated rings. The molecule has 4 nitrogen and oxygen atoms in total. The van der Waals surface area contributed by atoms with Crippen molar-refractivity contribution in [3.05, 3.63) is 23.9 Å². The van der Waals surface area contributed by atoms with Crippen LogP contribution in [0.1, 0.15) is 30.6 Å². The van der Waals surface area contributed by atoms with Crippen molar-refractivity contribution in [2.24, 2.45) is 5.92 Å². The average molecular weight is 234 g/mol. The number of nitrogens with zero attached hydrogens (tertiary/aromatic N) is 2. The minimum Gasteiger partial charge on any atom is -0.391 e. The second-order valence-electron chi connectivity index (χ2n) is 4.71. The van der Waals surface area contributed by atoms with Crippen LogP contribution >= 0.6 is 0 Å². The Labute approximate surface area is 101 Å². The van der Waals surface area contributed by atoms with Crippen LogP contribution in [0.15, 0.2) is 18.3 Å². The zero-order chi connectivity index (χ0) is 12.4. The SMILES string of the molecule is CC(=O)c1cccnc1N1CCC(C)C(O)C1. The predicted octanol–water partition coefficient (Wildman–Crippen LogP) is 1.49. The van der Waals surface area contributed by atoms with E-state index in [1.807, 2.05) is 11.8 Å². The fraction of sp³-hybridized carbons (Fsp3) is 0.538. The van der Waals surface area contributed by atoms with Gasteiger partial charge < -0.3 is 10.0 Å². The van der Waals surface area contributed by atoms with Gasteiger partial charge >= 0.3 is 0 Å². The smallest absolute Gasteiger partial charge is 0.163 e. The number of ketones is 1. The molecule has 2 unspecified atom stereocenters. The van der Waals surface area contributed by atoms with Gasteiger partial charge in [-0.05, 0) is 31.4 Å². The van der Waals surface area contributed by atoms with Gasteiger partial charge in [0, 0.05) is 19.3 Å². The van der Waals surface area contributed by atoms with Crippen LogP contribution < -0.4 is 4.90 Å². The standard InChI is InChI=1S/C13H18N2O2/c1-9-5-7-15(8-12(9)17)13-11(10(2)16)4-3-6-14-13/h3-4,6,9,12,17H,5,7-8H2,1-2H3. The Hall–Kier alpha value is -1.42. The Kier molecular flexibility index (Phi) is 3.43. The summed E-state index contributed by atoms with van der Waals surface area (Å²) in [7, 11) is 0. The molecule has 0 spiro atoms. The van der Waals surface area contributed by atoms with E-state index in [4.69, 9.17) is 0 Å². The van der Waals surface area contributed by atoms with Crippen LogP contribution in [0.3, 0.4) is 0 Å². The molecule has 0 amide bonds. The molecule has 0 radical (unpaired) electrons. The van der Waals surface area contributed by atoms with Crippen LogP contribution in [0.25, 0.3) is 0 Å². The van der Waals surface area contributed by atoms with E-state index in [1.54, 1.807) is 25.3 Å². The molecule has 1 aliphatic heterocycles. The van der Waals surface area contributed by atoms with Crippen LogP contribution in [0.5, 0.6) is 0 Å². The highest BCUT2D eigenvalue weighted by atomic mass is 16.3. The molecule has 17 heavy (non-hydrogen) atoms. The number of aliphatic hydroxyl groups excluding tert-OH is 1. The van der Waals surface area contributed by atoms with Crippen LogP contribution in [0.2, 0.25) is 0 Å². The first-order valence-electron chi connectivity index (χ1n) is 5.98. The number of rotatable bonds is 2. The molecule has 4 heteroatoms. The summed E-state index contributed by atoms with van der Waals surface area (Å²) in [5.41, 5.74) is 0.634. The zero-order valence-corrected chi connectivity index (χ0v) is 10.3. The van der Waals surface area contributed by atoms with Crippen molar-refractivity contribution in [1.29, 1.82) is 0 Å². The highest BCUT2D eigenvalue weighted by Gasteiger charge is 2.26. The van der Waals surface area contributed by atoms with Crippen molar-refractivity contribution in [3.8, 4) is 0 Å². The van der Waals surface area contributed by atoms with Gasteiger partial charge in [-0.1, -0.05) is 6.92 Å². The first kappa shape index (κ1) is 12.0. The number of hydrogen-bond acceptors (Lipinski definition) is 4. The van der Waals surface area contributed by atoms with Gasteiger partial charge in [0.15, 0.2) is 5.78 Å². The van der Waals surface area contributed by atoms with E-state index in [2.05, 4.69) is 4.98 Å². The van der Waals surface area contributed by atoms with E-state index in [9.17, 15) is 9.90 Å². The summed E-state index contributed by atoms with van der Waals surface area (Å²) in [4.78, 5) is 17.8. The Morgan fingerprint density at radius 1 is 1.59 bits per heavy atom. The van der Waals surface area contributed by atoms with Gasteiger partial charge in [-0.3, -0.25) is 4.79 Å². The summed E-state index contributed by atoms with van der Waals surface area (Å²) >= 11 is 0. The maximum Gasteiger partial charge on any atom is 0.163 e. The lowest BCUT2D eigenvalue weighted by Gasteiger charge is -2.35. The van der Waals surface area contributed by atoms with Gasteiger partial charge in [0.1, 0.15) is 5.82 Å². The third kappa shape index (κ3) is 2.47. The Morgan fingerprint density at radius 3 is 3.00 bits per heavy atom. The monoisotopic (exact) mass is 234 g/mol. The van der Waals surface area contributed by atoms with Crippen molar-refractivity contribution in [3.63, 3.8) is 0 Å². The average Bonchev–Trinajstić information content (AvgIpc) is 2.32. The van der Waals surface area contributed by atoms with Crippen LogP contribution in [-0.2, 0) is 0 Å². The maximum absolute atomic E-state index is 11.5. The number of aliphatic hydroxyl groups is 1. The molecule has 0 aliphatic carbocycles. The fourth-order valence-electron chi connectivity index (χ4n) is 2.17. The molecule has 2 rings (SSSR count). The molecule has 0 bridgehead atoms. The van der Waals surface area contributed by atoms with Crippen molar-refractivity contribution in [2.45, 2.75) is 26.4 Å². The normalized spacial score (nSPS) is 24.8. The number of β-amino-alcohol motifs (C(OH)–C–C–N with tert-alkyl or cyclic N) is 1. The van der Waals surface area contributed by atoms with Gasteiger partial charge in [0.05, 0.1) is 11.7 Å². The molecule has 0 aromatic carbocycles. The maximum atomic E-state index is 11.5. The molecule has 2 atom stereocenters. The third-order valence-corrected chi connectivity index (χ3v) is 3.38. The molecule has 1 aromatic heterocycles. The van der Waals surface area contributed by atoms with Gasteiger partial charge in [-0.2, -0.15) is 0 Å². The van der Waals surface area contributed by atoms with Crippen molar-refractivity contribution in [1.82, 2.24) is 4.98 Å². The van der Waals surface area contributed by atoms with Crippen LogP contribution in [0, 0.1) is 5.92 Å². The van der Waals surface area contributed by atoms with Crippen LogP contribution in [0.4, 0.5) is 5.82 Å². The first-order chi connectivity index (χ1) is 8.09. The summed E-state index contributed by atoms with van der Waals surface area (Å²) in [6, 6.07) is 3.55. The number of aromatic nitrogens is 1. The molecule has 2 heterocycles. The molecule has 1 aliphatic rings. The molecule has 0 saturated carbocycles. The number of carbonyl (C=O) groups is 1. The van der Waals surface area contributed by atoms with Gasteiger partial charge in [-0.15, -0.1) is 0 Å². The Balaban J connectivity index is 2.25. The highest BCUT2D eigenvalue weighted by Crippen LogP contribution is 2.24. The summed E-state index contributed by atoms with van der Waals surface area (Å²) in [5, 5.41) is 9.88. The fourth-order valence-corrected chi connectivity index (χ4v) is 2.17. The molecular formula is C13H18N2O2. The molecule has 1 N–H and O–H groups in total. The minimum atomic E-state index is -0.342. The van der Waals surface area contributed by atoms with Gasteiger partial charge in [0.2, 0.25) is 0 Å². The number of hydrogen-bond donors (Lipinski definition) is 1. The Morgan fingerprint density at radius 2 is 2.35 bits per heavy atom. The topological polar surface area (TPSA) is 53.4 Å². The second-order valence-corrected chi connectivity index (χ2v) is 4.71. The number of pyridine rings is 1. The quantitative estimate of drug-likeness (QED) is 0.788. The summed E-state index contributed by atoms with van der Waals surface area (Å²) in [5.74, 6) is 1.03. The zero-order valence-electron chi connectivity index (χ0n) is 10.3. The van der Waals surface area contributed by atoms with E-state index < -0.39 is 0 Å². The minimum absolute atomic E-state index is 0.0150. The highest BCUT2D eigenvalue weighted by molar-refractivity contribution is 5.98. The summed E-state index contributed by atoms with van der Waals surface area (Å²) in [6.45, 7) is 4.99. The molecule has 1 aromatic rings. The number of piperidine rings is 1. The van der Waals surface area contributed by atoms with E-state index >= 15 is 0 Å². The predicted molar refractivity (Wildman–Crippen MR) is 66.2 cm³/mol.